The molecule has 2 aliphatic heterocycles. The zero-order valence-corrected chi connectivity index (χ0v) is 16.4. The van der Waals surface area contributed by atoms with Crippen molar-refractivity contribution >= 4 is 5.97 Å². The molecular weight excluding hydrogens is 372 g/mol. The molecule has 1 saturated carbocycles. The highest BCUT2D eigenvalue weighted by Crippen LogP contribution is 2.33. The molecule has 1 aliphatic carbocycles. The van der Waals surface area contributed by atoms with Crippen molar-refractivity contribution in [1.82, 2.24) is 19.7 Å². The van der Waals surface area contributed by atoms with Gasteiger partial charge in [-0.1, -0.05) is 31.9 Å². The second kappa shape index (κ2) is 8.06. The fourth-order valence-electron chi connectivity index (χ4n) is 3.96. The Bertz CT molecular complexity index is 1030. The third-order valence-corrected chi connectivity index (χ3v) is 5.38. The number of benzene rings is 1. The molecule has 2 heterocycles. The van der Waals surface area contributed by atoms with E-state index in [-0.39, 0.29) is 12.2 Å². The molecule has 0 unspecified atom stereocenters. The van der Waals surface area contributed by atoms with Gasteiger partial charge in [-0.05, 0) is 37.0 Å². The highest BCUT2D eigenvalue weighted by atomic mass is 16.5. The van der Waals surface area contributed by atoms with Crippen LogP contribution in [0.15, 0.2) is 29.1 Å². The number of aromatic amines is 1. The van der Waals surface area contributed by atoms with Crippen LogP contribution in [0.2, 0.25) is 0 Å². The van der Waals surface area contributed by atoms with Crippen molar-refractivity contribution in [3.63, 3.8) is 0 Å². The second-order valence-electron chi connectivity index (χ2n) is 7.40. The number of nitrogens with zero attached hydrogens (tertiary/aromatic N) is 3. The summed E-state index contributed by atoms with van der Waals surface area (Å²) < 4.78 is 7.21. The predicted octanol–water partition coefficient (Wildman–Crippen LogP) is 2.80. The number of hydrogen-bond acceptors (Lipinski definition) is 5. The van der Waals surface area contributed by atoms with Crippen LogP contribution >= 0.6 is 0 Å². The molecule has 0 saturated heterocycles. The monoisotopic (exact) mass is 396 g/mol. The summed E-state index contributed by atoms with van der Waals surface area (Å²) in [7, 11) is 0. The highest BCUT2D eigenvalue weighted by Gasteiger charge is 2.27. The molecule has 0 bridgehead atoms. The second-order valence-corrected chi connectivity index (χ2v) is 7.40. The van der Waals surface area contributed by atoms with Crippen LogP contribution in [0.25, 0.3) is 11.4 Å². The quantitative estimate of drug-likeness (QED) is 0.635. The Morgan fingerprint density at radius 1 is 1.24 bits per heavy atom. The molecule has 0 spiro atoms. The van der Waals surface area contributed by atoms with Gasteiger partial charge in [-0.2, -0.15) is 4.98 Å². The Hall–Kier alpha value is -3.16. The Labute approximate surface area is 167 Å². The van der Waals surface area contributed by atoms with E-state index in [2.05, 4.69) is 14.8 Å². The van der Waals surface area contributed by atoms with Gasteiger partial charge in [0.2, 0.25) is 0 Å². The Morgan fingerprint density at radius 2 is 1.97 bits per heavy atom. The molecule has 4 rings (SSSR count). The molecule has 0 amide bonds. The summed E-state index contributed by atoms with van der Waals surface area (Å²) in [5, 5.41) is 12.1. The average molecular weight is 396 g/mol. The summed E-state index contributed by atoms with van der Waals surface area (Å²) in [5.41, 5.74) is 2.17. The first-order valence-electron chi connectivity index (χ1n) is 9.98. The van der Waals surface area contributed by atoms with Crippen molar-refractivity contribution in [1.29, 1.82) is 0 Å². The molecule has 0 atom stereocenters. The molecule has 8 nitrogen and oxygen atoms in total. The first kappa shape index (κ1) is 19.2. The van der Waals surface area contributed by atoms with E-state index in [0.717, 1.165) is 30.5 Å². The first-order chi connectivity index (χ1) is 14.0. The summed E-state index contributed by atoms with van der Waals surface area (Å²) in [5.74, 6) is 0.641. The summed E-state index contributed by atoms with van der Waals surface area (Å²) in [6.45, 7) is 1.64. The number of aliphatic carboxylic acids is 1. The van der Waals surface area contributed by atoms with Crippen LogP contribution in [0.1, 0.15) is 55.7 Å². The average Bonchev–Trinajstić information content (AvgIpc) is 3.35. The summed E-state index contributed by atoms with van der Waals surface area (Å²) in [6.07, 6.45) is 5.72. The molecule has 29 heavy (non-hydrogen) atoms. The predicted molar refractivity (Wildman–Crippen MR) is 107 cm³/mol. The zero-order valence-electron chi connectivity index (χ0n) is 16.4. The smallest absolute Gasteiger partial charge is 0.341 e. The summed E-state index contributed by atoms with van der Waals surface area (Å²) in [6, 6.07) is 7.42. The number of aromatic nitrogens is 4. The summed E-state index contributed by atoms with van der Waals surface area (Å²) >= 11 is 0. The number of ether oxygens (including phenoxy) is 1. The van der Waals surface area contributed by atoms with Gasteiger partial charge in [-0.25, -0.2) is 9.78 Å². The highest BCUT2D eigenvalue weighted by molar-refractivity contribution is 5.68. The van der Waals surface area contributed by atoms with E-state index in [1.54, 1.807) is 12.1 Å². The van der Waals surface area contributed by atoms with Crippen LogP contribution in [0.3, 0.4) is 0 Å². The van der Waals surface area contributed by atoms with Crippen molar-refractivity contribution in [3.05, 3.63) is 51.7 Å². The van der Waals surface area contributed by atoms with Gasteiger partial charge in [0.25, 0.3) is 5.56 Å². The van der Waals surface area contributed by atoms with E-state index in [4.69, 9.17) is 14.8 Å². The molecule has 8 heteroatoms. The van der Waals surface area contributed by atoms with E-state index in [1.165, 1.54) is 12.8 Å². The number of aryl methyl sites for hydroxylation is 1. The van der Waals surface area contributed by atoms with Gasteiger partial charge in [0.05, 0.1) is 6.04 Å². The lowest BCUT2D eigenvalue weighted by atomic mass is 10.1. The van der Waals surface area contributed by atoms with Crippen molar-refractivity contribution in [2.24, 2.45) is 0 Å². The molecule has 1 aromatic carbocycles. The minimum absolute atomic E-state index is 0.240. The van der Waals surface area contributed by atoms with Gasteiger partial charge in [0, 0.05) is 12.1 Å². The van der Waals surface area contributed by atoms with Crippen LogP contribution in [-0.2, 0) is 17.6 Å². The van der Waals surface area contributed by atoms with Crippen molar-refractivity contribution < 1.29 is 14.6 Å². The molecule has 1 aromatic rings. The maximum atomic E-state index is 12.7. The number of rotatable bonds is 7. The van der Waals surface area contributed by atoms with Crippen molar-refractivity contribution in [2.45, 2.75) is 51.5 Å². The number of nitrogens with one attached hydrogen (secondary N) is 1. The number of carbonyl (C=O) groups is 1. The van der Waals surface area contributed by atoms with Gasteiger partial charge in [-0.3, -0.25) is 14.6 Å². The van der Waals surface area contributed by atoms with Gasteiger partial charge < -0.3 is 9.84 Å². The molecule has 1 fully saturated rings. The third-order valence-electron chi connectivity index (χ3n) is 5.38. The molecule has 2 N–H and O–H groups in total. The number of H-pyrrole nitrogens is 1. The van der Waals surface area contributed by atoms with E-state index < -0.39 is 5.97 Å². The lowest BCUT2D eigenvalue weighted by molar-refractivity contribution is -0.139. The Morgan fingerprint density at radius 3 is 2.62 bits per heavy atom. The molecule has 3 aliphatic rings. The maximum absolute atomic E-state index is 12.7. The van der Waals surface area contributed by atoms with Crippen LogP contribution in [-0.4, -0.2) is 37.4 Å². The summed E-state index contributed by atoms with van der Waals surface area (Å²) in [4.78, 5) is 32.3. The number of carboxylic acid groups (broad SMARTS) is 1. The number of carboxylic acids is 1. The van der Waals surface area contributed by atoms with Crippen LogP contribution in [0.4, 0.5) is 0 Å². The van der Waals surface area contributed by atoms with Gasteiger partial charge >= 0.3 is 5.97 Å². The molecule has 152 valence electrons. The van der Waals surface area contributed by atoms with E-state index >= 15 is 0 Å². The third kappa shape index (κ3) is 4.01. The van der Waals surface area contributed by atoms with E-state index in [9.17, 15) is 9.59 Å². The van der Waals surface area contributed by atoms with E-state index in [0.29, 0.717) is 35.4 Å². The zero-order chi connectivity index (χ0) is 20.4. The topological polar surface area (TPSA) is 110 Å². The number of fused-ring (bicyclic) bond motifs is 1. The van der Waals surface area contributed by atoms with Gasteiger partial charge in [0.15, 0.2) is 12.4 Å². The van der Waals surface area contributed by atoms with Crippen LogP contribution < -0.4 is 10.3 Å². The minimum Gasteiger partial charge on any atom is -0.482 e. The minimum atomic E-state index is -1.02. The maximum Gasteiger partial charge on any atom is 0.341 e. The van der Waals surface area contributed by atoms with Gasteiger partial charge in [0.1, 0.15) is 17.1 Å². The molecule has 0 radical (unpaired) electrons. The SMILES string of the molecule is CCc1[nH]n(C2CCCC2)c2nc(Cc3ccc(OCC(=O)O)cc3)nc(=O)c1-2. The Kier molecular flexibility index (Phi) is 5.33. The lowest BCUT2D eigenvalue weighted by Gasteiger charge is -2.14. The molecular formula is C21H24N4O4. The first-order valence-corrected chi connectivity index (χ1v) is 9.98. The van der Waals surface area contributed by atoms with Crippen molar-refractivity contribution in [2.75, 3.05) is 6.61 Å². The Balaban J connectivity index is 1.62. The molecule has 0 aromatic heterocycles. The largest absolute Gasteiger partial charge is 0.482 e. The van der Waals surface area contributed by atoms with Gasteiger partial charge in [-0.15, -0.1) is 0 Å². The van der Waals surface area contributed by atoms with Crippen LogP contribution in [0, 0.1) is 0 Å². The van der Waals surface area contributed by atoms with Crippen molar-refractivity contribution in [3.8, 4) is 17.1 Å². The lowest BCUT2D eigenvalue weighted by Crippen LogP contribution is -2.18. The van der Waals surface area contributed by atoms with E-state index in [1.807, 2.05) is 19.1 Å². The van der Waals surface area contributed by atoms with Crippen LogP contribution in [0.5, 0.6) is 5.75 Å². The number of hydrogen-bond donors (Lipinski definition) is 2. The normalized spacial score (nSPS) is 14.5. The fourth-order valence-corrected chi connectivity index (χ4v) is 3.96. The standard InChI is InChI=1S/C21H24N4O4/c1-2-16-19-20(25(24-16)14-5-3-4-6-14)22-17(23-21(19)28)11-13-7-9-15(10-8-13)29-12-18(26)27/h7-10,14,24H,2-6,11-12H2,1H3,(H,26,27). The fraction of sp³-hybridized carbons (Fsp3) is 0.429.